The number of benzene rings is 2. The zero-order valence-electron chi connectivity index (χ0n) is 18.6. The van der Waals surface area contributed by atoms with Gasteiger partial charge in [-0.2, -0.15) is 0 Å². The highest BCUT2D eigenvalue weighted by molar-refractivity contribution is 5.89. The van der Waals surface area contributed by atoms with E-state index in [4.69, 9.17) is 14.2 Å². The Bertz CT molecular complexity index is 914. The van der Waals surface area contributed by atoms with Crippen LogP contribution in [0.4, 0.5) is 20.6 Å². The van der Waals surface area contributed by atoms with E-state index in [1.807, 2.05) is 30.9 Å². The third-order valence-corrected chi connectivity index (χ3v) is 5.21. The number of anilines is 2. The summed E-state index contributed by atoms with van der Waals surface area (Å²) in [5, 5.41) is 2.75. The number of amides is 2. The monoisotopic (exact) mass is 431 g/mol. The van der Waals surface area contributed by atoms with Crippen molar-refractivity contribution in [2.24, 2.45) is 0 Å². The Morgan fingerprint density at radius 1 is 1.16 bits per heavy atom. The van der Waals surface area contributed by atoms with Crippen LogP contribution < -0.4 is 19.7 Å². The molecule has 1 N–H and O–H groups in total. The van der Waals surface area contributed by atoms with Gasteiger partial charge in [-0.3, -0.25) is 0 Å². The lowest BCUT2D eigenvalue weighted by Crippen LogP contribution is -2.45. The summed E-state index contributed by atoms with van der Waals surface area (Å²) in [5.41, 5.74) is 1.74. The quantitative estimate of drug-likeness (QED) is 0.746. The molecule has 8 heteroatoms. The molecule has 0 saturated carbocycles. The summed E-state index contributed by atoms with van der Waals surface area (Å²) in [5.74, 6) is 0.925. The van der Waals surface area contributed by atoms with Crippen molar-refractivity contribution in [3.63, 3.8) is 0 Å². The zero-order valence-corrected chi connectivity index (χ0v) is 18.6. The van der Waals surface area contributed by atoms with Gasteiger partial charge in [-0.1, -0.05) is 0 Å². The molecule has 1 aliphatic rings. The number of carbonyl (C=O) groups is 1. The van der Waals surface area contributed by atoms with E-state index in [0.717, 1.165) is 5.56 Å². The van der Waals surface area contributed by atoms with E-state index >= 15 is 0 Å². The van der Waals surface area contributed by atoms with Crippen LogP contribution >= 0.6 is 0 Å². The van der Waals surface area contributed by atoms with Gasteiger partial charge in [0.15, 0.2) is 0 Å². The summed E-state index contributed by atoms with van der Waals surface area (Å²) in [6.07, 6.45) is 0.0669. The number of hydrogen-bond acceptors (Lipinski definition) is 5. The van der Waals surface area contributed by atoms with Crippen LogP contribution in [0.1, 0.15) is 19.4 Å². The fourth-order valence-corrected chi connectivity index (χ4v) is 3.74. The largest absolute Gasteiger partial charge is 0.497 e. The molecule has 2 atom stereocenters. The first kappa shape index (κ1) is 22.7. The van der Waals surface area contributed by atoms with Crippen molar-refractivity contribution < 1.29 is 23.4 Å². The minimum Gasteiger partial charge on any atom is -0.497 e. The highest BCUT2D eigenvalue weighted by Crippen LogP contribution is 2.27. The van der Waals surface area contributed by atoms with E-state index in [1.54, 1.807) is 39.5 Å². The first-order valence-corrected chi connectivity index (χ1v) is 10.2. The van der Waals surface area contributed by atoms with Gasteiger partial charge in [-0.25, -0.2) is 9.18 Å². The summed E-state index contributed by atoms with van der Waals surface area (Å²) in [4.78, 5) is 16.1. The van der Waals surface area contributed by atoms with Crippen molar-refractivity contribution in [2.45, 2.75) is 32.6 Å². The van der Waals surface area contributed by atoms with Gasteiger partial charge < -0.3 is 29.3 Å². The van der Waals surface area contributed by atoms with Gasteiger partial charge in [0.25, 0.3) is 0 Å². The zero-order chi connectivity index (χ0) is 22.5. The van der Waals surface area contributed by atoms with Crippen LogP contribution in [0.15, 0.2) is 36.4 Å². The lowest BCUT2D eigenvalue weighted by Gasteiger charge is -2.37. The van der Waals surface area contributed by atoms with Gasteiger partial charge in [0, 0.05) is 37.5 Å². The van der Waals surface area contributed by atoms with Crippen LogP contribution in [-0.2, 0) is 11.3 Å². The molecular weight excluding hydrogens is 401 g/mol. The third-order valence-electron chi connectivity index (χ3n) is 5.21. The average molecular weight is 432 g/mol. The molecule has 2 unspecified atom stereocenters. The van der Waals surface area contributed by atoms with Crippen LogP contribution in [0.2, 0.25) is 0 Å². The second kappa shape index (κ2) is 9.87. The Hall–Kier alpha value is -3.00. The molecule has 0 radical (unpaired) electrons. The second-order valence-electron chi connectivity index (χ2n) is 7.79. The Morgan fingerprint density at radius 2 is 1.87 bits per heavy atom. The number of hydrogen-bond donors (Lipinski definition) is 1. The van der Waals surface area contributed by atoms with E-state index in [9.17, 15) is 9.18 Å². The second-order valence-corrected chi connectivity index (χ2v) is 7.79. The van der Waals surface area contributed by atoms with Gasteiger partial charge in [0.1, 0.15) is 17.3 Å². The maximum atomic E-state index is 14.8. The molecule has 1 fully saturated rings. The fourth-order valence-electron chi connectivity index (χ4n) is 3.74. The lowest BCUT2D eigenvalue weighted by molar-refractivity contribution is -0.00539. The van der Waals surface area contributed by atoms with Crippen molar-refractivity contribution in [2.75, 3.05) is 44.6 Å². The van der Waals surface area contributed by atoms with E-state index in [-0.39, 0.29) is 24.1 Å². The standard InChI is InChI=1S/C23H30FN3O4/c1-15-12-27(13-16(2)31-15)21-9-7-18(10-20(21)24)25-23(28)26(3)14-17-6-8-19(29-4)11-22(17)30-5/h6-11,15-16H,12-14H2,1-5H3,(H,25,28). The summed E-state index contributed by atoms with van der Waals surface area (Å²) < 4.78 is 31.1. The van der Waals surface area contributed by atoms with Crippen molar-refractivity contribution >= 4 is 17.4 Å². The summed E-state index contributed by atoms with van der Waals surface area (Å²) >= 11 is 0. The molecule has 0 spiro atoms. The smallest absolute Gasteiger partial charge is 0.321 e. The van der Waals surface area contributed by atoms with Crippen LogP contribution in [0.3, 0.4) is 0 Å². The molecule has 1 heterocycles. The van der Waals surface area contributed by atoms with Gasteiger partial charge in [-0.05, 0) is 44.2 Å². The molecule has 1 aliphatic heterocycles. The molecule has 0 bridgehead atoms. The van der Waals surface area contributed by atoms with E-state index in [2.05, 4.69) is 5.32 Å². The van der Waals surface area contributed by atoms with E-state index in [0.29, 0.717) is 42.5 Å². The summed E-state index contributed by atoms with van der Waals surface area (Å²) in [7, 11) is 4.82. The highest BCUT2D eigenvalue weighted by atomic mass is 19.1. The highest BCUT2D eigenvalue weighted by Gasteiger charge is 2.24. The van der Waals surface area contributed by atoms with Gasteiger partial charge >= 0.3 is 6.03 Å². The number of nitrogens with one attached hydrogen (secondary N) is 1. The Kier molecular flexibility index (Phi) is 7.22. The van der Waals surface area contributed by atoms with Crippen molar-refractivity contribution in [1.82, 2.24) is 4.90 Å². The molecule has 3 rings (SSSR count). The average Bonchev–Trinajstić information content (AvgIpc) is 2.73. The number of nitrogens with zero attached hydrogens (tertiary/aromatic N) is 2. The number of methoxy groups -OCH3 is 2. The van der Waals surface area contributed by atoms with Gasteiger partial charge in [0.2, 0.25) is 0 Å². The molecule has 168 valence electrons. The number of urea groups is 1. The molecule has 2 aromatic rings. The van der Waals surface area contributed by atoms with Crippen molar-refractivity contribution in [3.05, 3.63) is 47.8 Å². The first-order valence-electron chi connectivity index (χ1n) is 10.2. The van der Waals surface area contributed by atoms with Crippen LogP contribution in [0, 0.1) is 5.82 Å². The number of morpholine rings is 1. The Morgan fingerprint density at radius 3 is 2.48 bits per heavy atom. The number of halogens is 1. The molecule has 2 amide bonds. The van der Waals surface area contributed by atoms with Crippen LogP contribution in [0.5, 0.6) is 11.5 Å². The van der Waals surface area contributed by atoms with Gasteiger partial charge in [-0.15, -0.1) is 0 Å². The Labute approximate surface area is 182 Å². The van der Waals surface area contributed by atoms with Crippen LogP contribution in [-0.4, -0.2) is 57.5 Å². The summed E-state index contributed by atoms with van der Waals surface area (Å²) in [6, 6.07) is 9.83. The maximum absolute atomic E-state index is 14.8. The van der Waals surface area contributed by atoms with Crippen molar-refractivity contribution in [3.8, 4) is 11.5 Å². The first-order chi connectivity index (χ1) is 14.8. The van der Waals surface area contributed by atoms with E-state index < -0.39 is 0 Å². The Balaban J connectivity index is 1.65. The number of carbonyl (C=O) groups excluding carboxylic acids is 1. The van der Waals surface area contributed by atoms with Crippen LogP contribution in [0.25, 0.3) is 0 Å². The van der Waals surface area contributed by atoms with Crippen molar-refractivity contribution in [1.29, 1.82) is 0 Å². The third kappa shape index (κ3) is 5.58. The molecular formula is C23H30FN3O4. The number of rotatable bonds is 6. The molecule has 1 saturated heterocycles. The molecule has 0 aliphatic carbocycles. The molecule has 0 aromatic heterocycles. The molecule has 2 aromatic carbocycles. The number of ether oxygens (including phenoxy) is 3. The minimum atomic E-state index is -0.376. The molecule has 7 nitrogen and oxygen atoms in total. The SMILES string of the molecule is COc1ccc(CN(C)C(=O)Nc2ccc(N3CC(C)OC(C)C3)c(F)c2)c(OC)c1. The normalized spacial score (nSPS) is 18.5. The maximum Gasteiger partial charge on any atom is 0.321 e. The topological polar surface area (TPSA) is 63.3 Å². The lowest BCUT2D eigenvalue weighted by atomic mass is 10.1. The minimum absolute atomic E-state index is 0.0334. The summed E-state index contributed by atoms with van der Waals surface area (Å²) in [6.45, 7) is 5.52. The predicted octanol–water partition coefficient (Wildman–Crippen LogP) is 4.12. The predicted molar refractivity (Wildman–Crippen MR) is 119 cm³/mol. The van der Waals surface area contributed by atoms with E-state index in [1.165, 1.54) is 11.0 Å². The van der Waals surface area contributed by atoms with Gasteiger partial charge in [0.05, 0.1) is 38.7 Å². The molecule has 31 heavy (non-hydrogen) atoms. The fraction of sp³-hybridized carbons (Fsp3) is 0.435.